The van der Waals surface area contributed by atoms with Crippen LogP contribution >= 0.6 is 0 Å². The van der Waals surface area contributed by atoms with Gasteiger partial charge in [-0.1, -0.05) is 54.0 Å². The Balaban J connectivity index is 0.00000372. The Morgan fingerprint density at radius 2 is 1.72 bits per heavy atom. The van der Waals surface area contributed by atoms with E-state index >= 15 is 0 Å². The maximum Gasteiger partial charge on any atom is 2.00 e. The summed E-state index contributed by atoms with van der Waals surface area (Å²) in [5.41, 5.74) is 6.74. The maximum atomic E-state index is 7.89. The van der Waals surface area contributed by atoms with Crippen molar-refractivity contribution in [1.82, 2.24) is 19.1 Å². The number of benzene rings is 4. The Labute approximate surface area is 268 Å². The predicted octanol–water partition coefficient (Wildman–Crippen LogP) is 8.90. The molecule has 3 aromatic heterocycles. The Morgan fingerprint density at radius 1 is 0.884 bits per heavy atom. The summed E-state index contributed by atoms with van der Waals surface area (Å²) in [6.07, 6.45) is 5.20. The molecule has 0 N–H and O–H groups in total. The second kappa shape index (κ2) is 11.4. The number of imidazole rings is 1. The topological polar surface area (TPSA) is 49.2 Å². The van der Waals surface area contributed by atoms with Gasteiger partial charge in [0.2, 0.25) is 0 Å². The zero-order valence-electron chi connectivity index (χ0n) is 26.2. The van der Waals surface area contributed by atoms with Crippen molar-refractivity contribution in [2.45, 2.75) is 20.7 Å². The van der Waals surface area contributed by atoms with Gasteiger partial charge in [-0.25, -0.2) is 4.98 Å². The molecule has 43 heavy (non-hydrogen) atoms. The summed E-state index contributed by atoms with van der Waals surface area (Å²) >= 11 is 0. The molecular formula is C36H25N5OPt. The smallest absolute Gasteiger partial charge is 0.504 e. The first-order valence-electron chi connectivity index (χ1n) is 14.9. The number of nitrogens with zero attached hydrogens (tertiary/aromatic N) is 5. The standard InChI is InChI=1S/C36H25N5O.Pt/c1-23-14-15-38-35(16-23)41-33-11-6-5-10-30(33)31-13-12-28(20-34(31)41)42-29-18-26(17-27(19-29)37-4)32-21-40(22-39-32)36-24(2)8-7-9-25(36)3;/h5-17,19,21-22H,1-3H3;/q-2;+2/i1D3;. The monoisotopic (exact) mass is 741 g/mol. The van der Waals surface area contributed by atoms with Crippen LogP contribution in [-0.4, -0.2) is 19.1 Å². The van der Waals surface area contributed by atoms with Gasteiger partial charge in [0.15, 0.2) is 0 Å². The molecule has 3 heterocycles. The minimum absolute atomic E-state index is 0. The van der Waals surface area contributed by atoms with E-state index in [2.05, 4.69) is 52.9 Å². The minimum atomic E-state index is -2.27. The third-order valence-corrected chi connectivity index (χ3v) is 7.27. The van der Waals surface area contributed by atoms with Crippen LogP contribution in [0.15, 0.2) is 97.6 Å². The number of hydrogen-bond acceptors (Lipinski definition) is 3. The van der Waals surface area contributed by atoms with E-state index in [4.69, 9.17) is 15.4 Å². The molecule has 0 amide bonds. The molecule has 6 nitrogen and oxygen atoms in total. The van der Waals surface area contributed by atoms with E-state index in [0.717, 1.165) is 33.1 Å². The molecule has 0 aliphatic rings. The largest absolute Gasteiger partial charge is 2.00 e. The molecule has 0 radical (unpaired) electrons. The van der Waals surface area contributed by atoms with Crippen LogP contribution in [0.25, 0.3) is 49.4 Å². The van der Waals surface area contributed by atoms with Crippen molar-refractivity contribution in [3.8, 4) is 34.3 Å². The van der Waals surface area contributed by atoms with Crippen molar-refractivity contribution in [2.24, 2.45) is 0 Å². The zero-order valence-corrected chi connectivity index (χ0v) is 25.5. The van der Waals surface area contributed by atoms with E-state index in [1.807, 2.05) is 57.8 Å². The van der Waals surface area contributed by atoms with Gasteiger partial charge in [-0.2, -0.15) is 6.07 Å². The molecular weight excluding hydrogens is 714 g/mol. The summed E-state index contributed by atoms with van der Waals surface area (Å²) < 4.78 is 33.8. The number of hydrogen-bond donors (Lipinski definition) is 0. The summed E-state index contributed by atoms with van der Waals surface area (Å²) in [5.74, 6) is 1.22. The Kier molecular flexibility index (Phi) is 6.50. The number of pyridine rings is 1. The van der Waals surface area contributed by atoms with Crippen molar-refractivity contribution in [2.75, 3.05) is 0 Å². The van der Waals surface area contributed by atoms with Crippen LogP contribution in [0.5, 0.6) is 11.5 Å². The van der Waals surface area contributed by atoms with Gasteiger partial charge in [-0.05, 0) is 67.2 Å². The number of aryl methyl sites for hydroxylation is 3. The van der Waals surface area contributed by atoms with Gasteiger partial charge < -0.3 is 13.9 Å². The fraction of sp³-hybridized carbons (Fsp3) is 0.0833. The van der Waals surface area contributed by atoms with Crippen molar-refractivity contribution >= 4 is 27.5 Å². The van der Waals surface area contributed by atoms with Crippen LogP contribution < -0.4 is 4.74 Å². The molecule has 210 valence electrons. The molecule has 0 atom stereocenters. The van der Waals surface area contributed by atoms with Gasteiger partial charge in [0.25, 0.3) is 0 Å². The molecule has 7 rings (SSSR count). The maximum absolute atomic E-state index is 7.89. The van der Waals surface area contributed by atoms with Crippen LogP contribution in [0.2, 0.25) is 0 Å². The van der Waals surface area contributed by atoms with E-state index in [0.29, 0.717) is 39.8 Å². The van der Waals surface area contributed by atoms with Crippen molar-refractivity contribution < 1.29 is 29.9 Å². The van der Waals surface area contributed by atoms with E-state index in [9.17, 15) is 0 Å². The predicted molar refractivity (Wildman–Crippen MR) is 166 cm³/mol. The van der Waals surface area contributed by atoms with E-state index in [1.54, 1.807) is 24.5 Å². The summed E-state index contributed by atoms with van der Waals surface area (Å²) in [7, 11) is 0. The molecule has 0 bridgehead atoms. The first kappa shape index (κ1) is 24.6. The van der Waals surface area contributed by atoms with Crippen molar-refractivity contribution in [3.05, 3.63) is 138 Å². The third-order valence-electron chi connectivity index (χ3n) is 7.27. The van der Waals surface area contributed by atoms with Gasteiger partial charge in [0, 0.05) is 33.0 Å². The van der Waals surface area contributed by atoms with Gasteiger partial charge in [0.05, 0.1) is 18.6 Å². The number of aromatic nitrogens is 4. The molecule has 4 aromatic carbocycles. The summed E-state index contributed by atoms with van der Waals surface area (Å²) in [6, 6.07) is 30.9. The van der Waals surface area contributed by atoms with Gasteiger partial charge in [-0.3, -0.25) is 9.83 Å². The molecule has 0 saturated heterocycles. The molecule has 7 aromatic rings. The Morgan fingerprint density at radius 3 is 2.53 bits per heavy atom. The normalized spacial score (nSPS) is 12.3. The summed E-state index contributed by atoms with van der Waals surface area (Å²) in [4.78, 5) is 12.8. The van der Waals surface area contributed by atoms with E-state index < -0.39 is 6.85 Å². The van der Waals surface area contributed by atoms with Gasteiger partial charge >= 0.3 is 21.1 Å². The first-order chi connectivity index (χ1) is 21.7. The molecule has 0 fully saturated rings. The second-order valence-corrected chi connectivity index (χ2v) is 10.1. The second-order valence-electron chi connectivity index (χ2n) is 10.1. The Hall–Kier alpha value is -4.98. The first-order valence-corrected chi connectivity index (χ1v) is 13.4. The van der Waals surface area contributed by atoms with Gasteiger partial charge in [-0.15, -0.1) is 29.1 Å². The number of ether oxygens (including phenoxy) is 1. The van der Waals surface area contributed by atoms with Crippen LogP contribution in [0.4, 0.5) is 5.69 Å². The number of fused-ring (bicyclic) bond motifs is 3. The fourth-order valence-corrected chi connectivity index (χ4v) is 5.41. The average molecular weight is 742 g/mol. The third kappa shape index (κ3) is 5.14. The van der Waals surface area contributed by atoms with E-state index in [1.165, 1.54) is 12.3 Å². The van der Waals surface area contributed by atoms with Crippen molar-refractivity contribution in [3.63, 3.8) is 0 Å². The number of rotatable bonds is 5. The van der Waals surface area contributed by atoms with Crippen LogP contribution in [0.3, 0.4) is 0 Å². The number of para-hydroxylation sites is 2. The minimum Gasteiger partial charge on any atom is -0.504 e. The average Bonchev–Trinajstić information content (AvgIpc) is 3.63. The fourth-order valence-electron chi connectivity index (χ4n) is 5.41. The molecule has 0 saturated carbocycles. The summed E-state index contributed by atoms with van der Waals surface area (Å²) in [6.45, 7) is 9.55. The van der Waals surface area contributed by atoms with Crippen LogP contribution in [0.1, 0.15) is 20.8 Å². The van der Waals surface area contributed by atoms with E-state index in [-0.39, 0.29) is 26.6 Å². The molecule has 0 aliphatic carbocycles. The van der Waals surface area contributed by atoms with Crippen molar-refractivity contribution in [1.29, 1.82) is 0 Å². The summed E-state index contributed by atoms with van der Waals surface area (Å²) in [5, 5.41) is 1.88. The Bertz CT molecular complexity index is 2280. The molecule has 0 unspecified atom stereocenters. The SMILES string of the molecule is [2H]C([2H])([2H])c1ccnc(-n2c3[c-]c(Oc4[c-]c(-c5cn(-c6c(C)cccc6C)cn5)cc([N+]#[C-])c4)ccc3c3ccccc32)c1.[Pt+2]. The molecule has 0 aliphatic heterocycles. The quantitative estimate of drug-likeness (QED) is 0.166. The molecule has 7 heteroatoms. The van der Waals surface area contributed by atoms with Gasteiger partial charge in [0.1, 0.15) is 11.5 Å². The molecule has 0 spiro atoms. The van der Waals surface area contributed by atoms with Crippen LogP contribution in [-0.2, 0) is 21.1 Å². The van der Waals surface area contributed by atoms with Crippen LogP contribution in [0, 0.1) is 39.4 Å². The zero-order chi connectivity index (χ0) is 31.3.